The van der Waals surface area contributed by atoms with E-state index in [9.17, 15) is 14.4 Å². The average Bonchev–Trinajstić information content (AvgIpc) is 2.90. The maximum atomic E-state index is 13.6. The molecule has 0 unspecified atom stereocenters. The monoisotopic (exact) mass is 392 g/mol. The molecule has 0 aromatic heterocycles. The Balaban J connectivity index is 2.08. The van der Waals surface area contributed by atoms with Gasteiger partial charge in [-0.3, -0.25) is 14.9 Å². The van der Waals surface area contributed by atoms with E-state index in [0.717, 1.165) is 5.56 Å². The Morgan fingerprint density at radius 1 is 1.14 bits per heavy atom. The number of hydrogen-bond acceptors (Lipinski definition) is 4. The van der Waals surface area contributed by atoms with Crippen LogP contribution < -0.4 is 10.2 Å². The van der Waals surface area contributed by atoms with Crippen LogP contribution in [0.2, 0.25) is 0 Å². The molecule has 2 aromatic rings. The fourth-order valence-corrected chi connectivity index (χ4v) is 3.43. The second-order valence-corrected chi connectivity index (χ2v) is 7.91. The number of nitrogens with one attached hydrogen (secondary N) is 1. The van der Waals surface area contributed by atoms with Crippen LogP contribution in [0.3, 0.4) is 0 Å². The molecule has 0 saturated carbocycles. The van der Waals surface area contributed by atoms with Gasteiger partial charge in [-0.2, -0.15) is 0 Å². The lowest BCUT2D eigenvalue weighted by Crippen LogP contribution is -2.55. The average molecular weight is 392 g/mol. The van der Waals surface area contributed by atoms with Crippen molar-refractivity contribution >= 4 is 24.0 Å². The van der Waals surface area contributed by atoms with Crippen molar-refractivity contribution in [2.24, 2.45) is 0 Å². The second kappa shape index (κ2) is 7.54. The number of nitrogens with zero attached hydrogens (tertiary/aromatic N) is 1. The molecule has 29 heavy (non-hydrogen) atoms. The normalized spacial score (nSPS) is 18.2. The van der Waals surface area contributed by atoms with Crippen molar-refractivity contribution in [3.63, 3.8) is 0 Å². The lowest BCUT2D eigenvalue weighted by Gasteiger charge is -2.31. The predicted molar refractivity (Wildman–Crippen MR) is 110 cm³/mol. The molecule has 3 rings (SSSR count). The van der Waals surface area contributed by atoms with Crippen LogP contribution in [0.25, 0.3) is 0 Å². The molecule has 2 aromatic carbocycles. The number of carbonyl (C=O) groups excluding carboxylic acids is 3. The van der Waals surface area contributed by atoms with E-state index in [4.69, 9.17) is 4.74 Å². The Hall–Kier alpha value is -3.41. The largest absolute Gasteiger partial charge is 0.444 e. The molecular formula is C23H24N2O4. The minimum Gasteiger partial charge on any atom is -0.444 e. The van der Waals surface area contributed by atoms with E-state index < -0.39 is 23.1 Å². The zero-order valence-electron chi connectivity index (χ0n) is 16.8. The number of para-hydroxylation sites is 1. The number of alkyl carbamates (subject to hydrolysis) is 1. The van der Waals surface area contributed by atoms with Crippen LogP contribution in [-0.2, 0) is 26.4 Å². The lowest BCUT2D eigenvalue weighted by atomic mass is 9.85. The third-order valence-corrected chi connectivity index (χ3v) is 4.66. The van der Waals surface area contributed by atoms with Gasteiger partial charge in [-0.25, -0.2) is 4.79 Å². The summed E-state index contributed by atoms with van der Waals surface area (Å²) in [4.78, 5) is 39.5. The Morgan fingerprint density at radius 3 is 2.38 bits per heavy atom. The summed E-state index contributed by atoms with van der Waals surface area (Å²) in [6, 6.07) is 16.5. The number of aldehydes is 1. The van der Waals surface area contributed by atoms with Gasteiger partial charge in [0.1, 0.15) is 11.9 Å². The van der Waals surface area contributed by atoms with Crippen molar-refractivity contribution in [2.75, 3.05) is 4.90 Å². The summed E-state index contributed by atoms with van der Waals surface area (Å²) in [5, 5.41) is 2.64. The molecule has 0 fully saturated rings. The predicted octanol–water partition coefficient (Wildman–Crippen LogP) is 3.71. The van der Waals surface area contributed by atoms with Gasteiger partial charge in [0.05, 0.1) is 12.2 Å². The Labute approximate surface area is 170 Å². The number of rotatable bonds is 5. The summed E-state index contributed by atoms with van der Waals surface area (Å²) in [7, 11) is 0. The van der Waals surface area contributed by atoms with Crippen molar-refractivity contribution in [3.05, 3.63) is 77.9 Å². The van der Waals surface area contributed by atoms with Crippen LogP contribution in [0.15, 0.2) is 66.7 Å². The van der Waals surface area contributed by atoms with Gasteiger partial charge in [-0.05, 0) is 32.4 Å². The quantitative estimate of drug-likeness (QED) is 0.622. The van der Waals surface area contributed by atoms with E-state index in [-0.39, 0.29) is 5.57 Å². The molecular weight excluding hydrogens is 368 g/mol. The maximum Gasteiger partial charge on any atom is 0.409 e. The van der Waals surface area contributed by atoms with Gasteiger partial charge >= 0.3 is 6.09 Å². The van der Waals surface area contributed by atoms with Crippen molar-refractivity contribution in [3.8, 4) is 0 Å². The minimum atomic E-state index is -1.71. The SMILES string of the molecule is C=C(C=O)[C@]1(NC(=O)OC(C)(C)C)C(=O)N(Cc2ccccc2)c2ccccc21. The molecule has 2 amide bonds. The van der Waals surface area contributed by atoms with Gasteiger partial charge in [-0.15, -0.1) is 0 Å². The first-order valence-electron chi connectivity index (χ1n) is 9.30. The standard InChI is InChI=1S/C23H24N2O4/c1-16(15-26)23(24-21(28)29-22(2,3)4)18-12-8-9-13-19(18)25(20(23)27)14-17-10-6-5-7-11-17/h5-13,15H,1,14H2,2-4H3,(H,24,28)/t23-/m1/s1. The number of carbonyl (C=O) groups is 3. The topological polar surface area (TPSA) is 75.7 Å². The van der Waals surface area contributed by atoms with Crippen molar-refractivity contribution < 1.29 is 19.1 Å². The first kappa shape index (κ1) is 20.3. The molecule has 1 aliphatic rings. The molecule has 150 valence electrons. The summed E-state index contributed by atoms with van der Waals surface area (Å²) < 4.78 is 5.36. The third-order valence-electron chi connectivity index (χ3n) is 4.66. The van der Waals surface area contributed by atoms with Crippen molar-refractivity contribution in [2.45, 2.75) is 38.5 Å². The molecule has 0 radical (unpaired) electrons. The molecule has 0 spiro atoms. The molecule has 1 aliphatic heterocycles. The molecule has 1 heterocycles. The summed E-state index contributed by atoms with van der Waals surface area (Å²) in [5.74, 6) is -0.453. The lowest BCUT2D eigenvalue weighted by molar-refractivity contribution is -0.124. The molecule has 6 heteroatoms. The number of anilines is 1. The van der Waals surface area contributed by atoms with Crippen LogP contribution in [0.1, 0.15) is 31.9 Å². The van der Waals surface area contributed by atoms with E-state index in [1.54, 1.807) is 49.9 Å². The number of hydrogen-bond donors (Lipinski definition) is 1. The minimum absolute atomic E-state index is 0.0589. The summed E-state index contributed by atoms with van der Waals surface area (Å²) in [5.41, 5.74) is -0.519. The van der Waals surface area contributed by atoms with Crippen molar-refractivity contribution in [1.82, 2.24) is 5.32 Å². The smallest absolute Gasteiger partial charge is 0.409 e. The van der Waals surface area contributed by atoms with E-state index in [1.807, 2.05) is 30.3 Å². The number of amides is 2. The van der Waals surface area contributed by atoms with Crippen LogP contribution in [0.4, 0.5) is 10.5 Å². The molecule has 0 aliphatic carbocycles. The van der Waals surface area contributed by atoms with E-state index in [2.05, 4.69) is 11.9 Å². The zero-order chi connectivity index (χ0) is 21.2. The maximum absolute atomic E-state index is 13.6. The third kappa shape index (κ3) is 3.78. The number of benzene rings is 2. The Kier molecular flexibility index (Phi) is 5.29. The van der Waals surface area contributed by atoms with Gasteiger partial charge in [0.2, 0.25) is 0 Å². The van der Waals surface area contributed by atoms with Crippen LogP contribution >= 0.6 is 0 Å². The van der Waals surface area contributed by atoms with Gasteiger partial charge in [0, 0.05) is 11.1 Å². The first-order chi connectivity index (χ1) is 13.7. The van der Waals surface area contributed by atoms with E-state index >= 15 is 0 Å². The highest BCUT2D eigenvalue weighted by molar-refractivity contribution is 6.14. The van der Waals surface area contributed by atoms with Gasteiger partial charge < -0.3 is 9.64 Å². The summed E-state index contributed by atoms with van der Waals surface area (Å²) >= 11 is 0. The van der Waals surface area contributed by atoms with Crippen LogP contribution in [0, 0.1) is 0 Å². The summed E-state index contributed by atoms with van der Waals surface area (Å²) in [6.45, 7) is 9.24. The fourth-order valence-electron chi connectivity index (χ4n) is 3.43. The molecule has 6 nitrogen and oxygen atoms in total. The summed E-state index contributed by atoms with van der Waals surface area (Å²) in [6.07, 6.45) is -0.303. The first-order valence-corrected chi connectivity index (χ1v) is 9.30. The molecule has 0 bridgehead atoms. The van der Waals surface area contributed by atoms with Gasteiger partial charge in [0.15, 0.2) is 5.54 Å². The van der Waals surface area contributed by atoms with Crippen LogP contribution in [0.5, 0.6) is 0 Å². The van der Waals surface area contributed by atoms with Crippen molar-refractivity contribution in [1.29, 1.82) is 0 Å². The molecule has 1 N–H and O–H groups in total. The molecule has 0 saturated heterocycles. The highest BCUT2D eigenvalue weighted by Crippen LogP contribution is 2.44. The fraction of sp³-hybridized carbons (Fsp3) is 0.261. The molecule has 1 atom stereocenters. The Bertz CT molecular complexity index is 962. The van der Waals surface area contributed by atoms with Crippen LogP contribution in [-0.4, -0.2) is 23.9 Å². The zero-order valence-corrected chi connectivity index (χ0v) is 16.8. The van der Waals surface area contributed by atoms with Gasteiger partial charge in [0.25, 0.3) is 5.91 Å². The Morgan fingerprint density at radius 2 is 1.76 bits per heavy atom. The number of fused-ring (bicyclic) bond motifs is 1. The van der Waals surface area contributed by atoms with E-state index in [0.29, 0.717) is 24.1 Å². The second-order valence-electron chi connectivity index (χ2n) is 7.91. The highest BCUT2D eigenvalue weighted by atomic mass is 16.6. The van der Waals surface area contributed by atoms with E-state index in [1.165, 1.54) is 0 Å². The van der Waals surface area contributed by atoms with Gasteiger partial charge in [-0.1, -0.05) is 55.1 Å². The highest BCUT2D eigenvalue weighted by Gasteiger charge is 2.54. The number of ether oxygens (including phenoxy) is 1.